The Morgan fingerprint density at radius 3 is 2.73 bits per heavy atom. The van der Waals surface area contributed by atoms with Crippen LogP contribution in [0.4, 0.5) is 11.4 Å². The minimum Gasteiger partial charge on any atom is -0.462 e. The van der Waals surface area contributed by atoms with Crippen LogP contribution in [-0.2, 0) is 11.2 Å². The number of halogens is 1. The summed E-state index contributed by atoms with van der Waals surface area (Å²) in [7, 11) is 0. The Balaban J connectivity index is 2.21. The summed E-state index contributed by atoms with van der Waals surface area (Å²) < 4.78 is 5.22. The monoisotopic (exact) mass is 368 g/mol. The van der Waals surface area contributed by atoms with Crippen LogP contribution in [0.2, 0.25) is 5.02 Å². The number of pyridine rings is 1. The second kappa shape index (κ2) is 7.75. The van der Waals surface area contributed by atoms with Crippen molar-refractivity contribution in [2.24, 2.45) is 0 Å². The predicted octanol–water partition coefficient (Wildman–Crippen LogP) is 5.68. The summed E-state index contributed by atoms with van der Waals surface area (Å²) in [5.41, 5.74) is 5.01. The summed E-state index contributed by atoms with van der Waals surface area (Å²) in [6.07, 6.45) is 2.45. The van der Waals surface area contributed by atoms with E-state index in [0.29, 0.717) is 22.9 Å². The van der Waals surface area contributed by atoms with Crippen molar-refractivity contribution in [3.05, 3.63) is 64.3 Å². The Labute approximate surface area is 158 Å². The Kier molecular flexibility index (Phi) is 5.43. The maximum Gasteiger partial charge on any atom is 0.341 e. The summed E-state index contributed by atoms with van der Waals surface area (Å²) in [6.45, 7) is 6.16. The number of fused-ring (bicyclic) bond motifs is 1. The highest BCUT2D eigenvalue weighted by Gasteiger charge is 2.18. The first-order chi connectivity index (χ1) is 12.5. The highest BCUT2D eigenvalue weighted by atomic mass is 35.5. The van der Waals surface area contributed by atoms with Crippen molar-refractivity contribution in [2.75, 3.05) is 11.9 Å². The second-order valence-electron chi connectivity index (χ2n) is 6.02. The molecule has 5 heteroatoms. The lowest BCUT2D eigenvalue weighted by molar-refractivity contribution is 0.0527. The molecule has 0 atom stereocenters. The van der Waals surface area contributed by atoms with Gasteiger partial charge in [0.1, 0.15) is 5.56 Å². The molecule has 0 aliphatic rings. The molecule has 1 aromatic heterocycles. The SMILES string of the molecule is CCOC(=O)c1cnc2c(CC)cccc2c1Nc1ccc(Cl)cc1C. The van der Waals surface area contributed by atoms with E-state index in [1.807, 2.05) is 37.3 Å². The zero-order chi connectivity index (χ0) is 18.7. The fraction of sp³-hybridized carbons (Fsp3) is 0.238. The van der Waals surface area contributed by atoms with Gasteiger partial charge in [0.2, 0.25) is 0 Å². The molecule has 0 amide bonds. The van der Waals surface area contributed by atoms with E-state index in [2.05, 4.69) is 23.3 Å². The number of hydrogen-bond acceptors (Lipinski definition) is 4. The standard InChI is InChI=1S/C21H21ClN2O2/c1-4-14-7-6-8-16-19(14)23-12-17(21(25)26-5-2)20(16)24-18-10-9-15(22)11-13(18)3/h6-12H,4-5H2,1-3H3,(H,23,24). The van der Waals surface area contributed by atoms with Crippen molar-refractivity contribution in [2.45, 2.75) is 27.2 Å². The molecule has 1 N–H and O–H groups in total. The van der Waals surface area contributed by atoms with Crippen LogP contribution in [0.1, 0.15) is 35.3 Å². The van der Waals surface area contributed by atoms with Gasteiger partial charge in [0.15, 0.2) is 0 Å². The molecule has 1 heterocycles. The van der Waals surface area contributed by atoms with Crippen molar-refractivity contribution >= 4 is 39.8 Å². The minimum atomic E-state index is -0.391. The van der Waals surface area contributed by atoms with Gasteiger partial charge in [0.25, 0.3) is 0 Å². The summed E-state index contributed by atoms with van der Waals surface area (Å²) >= 11 is 6.07. The summed E-state index contributed by atoms with van der Waals surface area (Å²) in [5.74, 6) is -0.391. The first-order valence-corrected chi connectivity index (χ1v) is 9.03. The molecule has 26 heavy (non-hydrogen) atoms. The highest BCUT2D eigenvalue weighted by Crippen LogP contribution is 2.33. The Bertz CT molecular complexity index is 970. The third-order valence-corrected chi connectivity index (χ3v) is 4.54. The van der Waals surface area contributed by atoms with Gasteiger partial charge < -0.3 is 10.1 Å². The average molecular weight is 369 g/mol. The molecule has 0 saturated carbocycles. The molecule has 134 valence electrons. The molecule has 3 rings (SSSR count). The fourth-order valence-corrected chi connectivity index (χ4v) is 3.20. The van der Waals surface area contributed by atoms with E-state index in [9.17, 15) is 4.79 Å². The molecule has 0 aliphatic heterocycles. The molecule has 0 saturated heterocycles. The predicted molar refractivity (Wildman–Crippen MR) is 107 cm³/mol. The molecule has 0 spiro atoms. The number of aromatic nitrogens is 1. The number of hydrogen-bond donors (Lipinski definition) is 1. The topological polar surface area (TPSA) is 51.2 Å². The second-order valence-corrected chi connectivity index (χ2v) is 6.45. The molecule has 0 bridgehead atoms. The molecular weight excluding hydrogens is 348 g/mol. The number of carbonyl (C=O) groups excluding carboxylic acids is 1. The number of esters is 1. The number of nitrogens with one attached hydrogen (secondary N) is 1. The number of aryl methyl sites for hydroxylation is 2. The average Bonchev–Trinajstić information content (AvgIpc) is 2.63. The Hall–Kier alpha value is -2.59. The van der Waals surface area contributed by atoms with Crippen LogP contribution in [0.25, 0.3) is 10.9 Å². The van der Waals surface area contributed by atoms with Crippen LogP contribution in [0.5, 0.6) is 0 Å². The first-order valence-electron chi connectivity index (χ1n) is 8.66. The Morgan fingerprint density at radius 2 is 2.04 bits per heavy atom. The number of benzene rings is 2. The lowest BCUT2D eigenvalue weighted by Gasteiger charge is -2.16. The smallest absolute Gasteiger partial charge is 0.341 e. The normalized spacial score (nSPS) is 10.8. The minimum absolute atomic E-state index is 0.311. The number of rotatable bonds is 5. The number of nitrogens with zero attached hydrogens (tertiary/aromatic N) is 1. The van der Waals surface area contributed by atoms with Gasteiger partial charge in [-0.05, 0) is 49.6 Å². The molecule has 4 nitrogen and oxygen atoms in total. The van der Waals surface area contributed by atoms with E-state index in [4.69, 9.17) is 16.3 Å². The first kappa shape index (κ1) is 18.2. The summed E-state index contributed by atoms with van der Waals surface area (Å²) in [5, 5.41) is 4.97. The molecule has 0 radical (unpaired) electrons. The van der Waals surface area contributed by atoms with Gasteiger partial charge in [0.05, 0.1) is 17.8 Å². The third-order valence-electron chi connectivity index (χ3n) is 4.31. The van der Waals surface area contributed by atoms with Crippen molar-refractivity contribution in [3.8, 4) is 0 Å². The lowest BCUT2D eigenvalue weighted by atomic mass is 10.0. The quantitative estimate of drug-likeness (QED) is 0.588. The van der Waals surface area contributed by atoms with Gasteiger partial charge in [-0.15, -0.1) is 0 Å². The molecule has 3 aromatic rings. The Morgan fingerprint density at radius 1 is 1.23 bits per heavy atom. The fourth-order valence-electron chi connectivity index (χ4n) is 2.97. The van der Waals surface area contributed by atoms with Crippen molar-refractivity contribution in [3.63, 3.8) is 0 Å². The maximum absolute atomic E-state index is 12.5. The van der Waals surface area contributed by atoms with Crippen LogP contribution in [-0.4, -0.2) is 17.6 Å². The maximum atomic E-state index is 12.5. The van der Waals surface area contributed by atoms with Gasteiger partial charge >= 0.3 is 5.97 Å². The number of para-hydroxylation sites is 1. The molecule has 0 unspecified atom stereocenters. The largest absolute Gasteiger partial charge is 0.462 e. The molecule has 2 aromatic carbocycles. The van der Waals surface area contributed by atoms with Crippen LogP contribution < -0.4 is 5.32 Å². The molecular formula is C21H21ClN2O2. The number of anilines is 2. The van der Waals surface area contributed by atoms with Gasteiger partial charge in [-0.3, -0.25) is 4.98 Å². The number of ether oxygens (including phenoxy) is 1. The van der Waals surface area contributed by atoms with Gasteiger partial charge in [-0.1, -0.05) is 36.7 Å². The van der Waals surface area contributed by atoms with E-state index in [1.165, 1.54) is 0 Å². The van der Waals surface area contributed by atoms with E-state index in [0.717, 1.165) is 34.1 Å². The van der Waals surface area contributed by atoms with E-state index in [-0.39, 0.29) is 0 Å². The molecule has 0 aliphatic carbocycles. The third kappa shape index (κ3) is 3.51. The van der Waals surface area contributed by atoms with Crippen LogP contribution in [0.3, 0.4) is 0 Å². The van der Waals surface area contributed by atoms with Crippen LogP contribution in [0, 0.1) is 6.92 Å². The van der Waals surface area contributed by atoms with Gasteiger partial charge in [-0.25, -0.2) is 4.79 Å². The van der Waals surface area contributed by atoms with E-state index in [1.54, 1.807) is 13.1 Å². The van der Waals surface area contributed by atoms with Crippen molar-refractivity contribution < 1.29 is 9.53 Å². The number of carbonyl (C=O) groups is 1. The lowest BCUT2D eigenvalue weighted by Crippen LogP contribution is -2.10. The van der Waals surface area contributed by atoms with Crippen molar-refractivity contribution in [1.29, 1.82) is 0 Å². The van der Waals surface area contributed by atoms with Gasteiger partial charge in [0, 0.05) is 22.3 Å². The van der Waals surface area contributed by atoms with Crippen molar-refractivity contribution in [1.82, 2.24) is 4.98 Å². The van der Waals surface area contributed by atoms with E-state index >= 15 is 0 Å². The van der Waals surface area contributed by atoms with Crippen LogP contribution >= 0.6 is 11.6 Å². The summed E-state index contributed by atoms with van der Waals surface area (Å²) in [4.78, 5) is 17.0. The van der Waals surface area contributed by atoms with Crippen LogP contribution in [0.15, 0.2) is 42.6 Å². The van der Waals surface area contributed by atoms with Gasteiger partial charge in [-0.2, -0.15) is 0 Å². The van der Waals surface area contributed by atoms with E-state index < -0.39 is 5.97 Å². The highest BCUT2D eigenvalue weighted by molar-refractivity contribution is 6.30. The summed E-state index contributed by atoms with van der Waals surface area (Å²) in [6, 6.07) is 11.6. The zero-order valence-corrected chi connectivity index (χ0v) is 15.9. The molecule has 0 fully saturated rings. The zero-order valence-electron chi connectivity index (χ0n) is 15.1.